The van der Waals surface area contributed by atoms with Crippen LogP contribution in [0.4, 0.5) is 5.69 Å². The number of aromatic nitrogens is 1. The van der Waals surface area contributed by atoms with Gasteiger partial charge in [-0.2, -0.15) is 0 Å². The summed E-state index contributed by atoms with van der Waals surface area (Å²) in [5.41, 5.74) is 2.73. The SMILES string of the molecule is COc1ccc(C(=O)NC(=S)Nc2ccc(Cl)cc2-c2nc3ccccc3s2)cc1Cl. The molecule has 0 unspecified atom stereocenters. The highest BCUT2D eigenvalue weighted by molar-refractivity contribution is 7.80. The number of nitrogens with zero attached hydrogens (tertiary/aromatic N) is 1. The lowest BCUT2D eigenvalue weighted by Crippen LogP contribution is -2.34. The van der Waals surface area contributed by atoms with E-state index in [9.17, 15) is 4.79 Å². The Morgan fingerprint density at radius 1 is 1.10 bits per heavy atom. The van der Waals surface area contributed by atoms with Gasteiger partial charge in [-0.25, -0.2) is 4.98 Å². The molecule has 0 aliphatic heterocycles. The van der Waals surface area contributed by atoms with E-state index in [0.29, 0.717) is 27.0 Å². The molecular weight excluding hydrogens is 473 g/mol. The second-order valence-corrected chi connectivity index (χ2v) is 8.72. The molecule has 0 aliphatic carbocycles. The molecule has 0 radical (unpaired) electrons. The number of thiocarbonyl (C=S) groups is 1. The van der Waals surface area contributed by atoms with E-state index in [2.05, 4.69) is 15.6 Å². The van der Waals surface area contributed by atoms with Crippen LogP contribution < -0.4 is 15.4 Å². The first-order chi connectivity index (χ1) is 14.9. The van der Waals surface area contributed by atoms with Crippen molar-refractivity contribution in [2.75, 3.05) is 12.4 Å². The number of fused-ring (bicyclic) bond motifs is 1. The standard InChI is InChI=1S/C22H15Cl2N3O2S2/c1-29-18-9-6-12(10-15(18)24)20(28)27-22(30)26-16-8-7-13(23)11-14(16)21-25-17-4-2-3-5-19(17)31-21/h2-11H,1H3,(H2,26,27,28,30). The molecule has 1 heterocycles. The van der Waals surface area contributed by atoms with E-state index < -0.39 is 5.91 Å². The van der Waals surface area contributed by atoms with Gasteiger partial charge in [-0.15, -0.1) is 11.3 Å². The number of nitrogens with one attached hydrogen (secondary N) is 2. The van der Waals surface area contributed by atoms with Gasteiger partial charge >= 0.3 is 0 Å². The Balaban J connectivity index is 1.56. The van der Waals surface area contributed by atoms with Crippen molar-refractivity contribution < 1.29 is 9.53 Å². The molecule has 1 aromatic heterocycles. The van der Waals surface area contributed by atoms with Crippen molar-refractivity contribution in [2.45, 2.75) is 0 Å². The van der Waals surface area contributed by atoms with E-state index in [-0.39, 0.29) is 5.11 Å². The van der Waals surface area contributed by atoms with Crippen LogP contribution in [0.3, 0.4) is 0 Å². The maximum absolute atomic E-state index is 12.6. The summed E-state index contributed by atoms with van der Waals surface area (Å²) in [4.78, 5) is 17.2. The zero-order valence-corrected chi connectivity index (χ0v) is 19.3. The highest BCUT2D eigenvalue weighted by Gasteiger charge is 2.15. The number of thiazole rings is 1. The zero-order chi connectivity index (χ0) is 22.0. The molecular formula is C22H15Cl2N3O2S2. The van der Waals surface area contributed by atoms with Gasteiger partial charge in [-0.05, 0) is 60.7 Å². The minimum atomic E-state index is -0.391. The number of carbonyl (C=O) groups excluding carboxylic acids is 1. The van der Waals surface area contributed by atoms with Crippen LogP contribution in [-0.4, -0.2) is 23.1 Å². The summed E-state index contributed by atoms with van der Waals surface area (Å²) in [6.45, 7) is 0. The van der Waals surface area contributed by atoms with Gasteiger partial charge in [0.1, 0.15) is 10.8 Å². The second kappa shape index (κ2) is 9.20. The van der Waals surface area contributed by atoms with Crippen molar-refractivity contribution in [3.63, 3.8) is 0 Å². The number of para-hydroxylation sites is 1. The van der Waals surface area contributed by atoms with Gasteiger partial charge in [-0.3, -0.25) is 10.1 Å². The number of methoxy groups -OCH3 is 1. The first-order valence-electron chi connectivity index (χ1n) is 9.06. The Labute approximate surface area is 198 Å². The van der Waals surface area contributed by atoms with Gasteiger partial charge in [0, 0.05) is 16.1 Å². The van der Waals surface area contributed by atoms with E-state index in [4.69, 9.17) is 40.2 Å². The molecule has 4 aromatic rings. The monoisotopic (exact) mass is 487 g/mol. The van der Waals surface area contributed by atoms with Crippen molar-refractivity contribution in [3.8, 4) is 16.3 Å². The fraction of sp³-hybridized carbons (Fsp3) is 0.0455. The predicted molar refractivity (Wildman–Crippen MR) is 132 cm³/mol. The maximum atomic E-state index is 12.6. The highest BCUT2D eigenvalue weighted by Crippen LogP contribution is 2.36. The minimum absolute atomic E-state index is 0.140. The number of anilines is 1. The summed E-state index contributed by atoms with van der Waals surface area (Å²) in [7, 11) is 1.51. The largest absolute Gasteiger partial charge is 0.495 e. The molecule has 0 saturated carbocycles. The smallest absolute Gasteiger partial charge is 0.257 e. The summed E-state index contributed by atoms with van der Waals surface area (Å²) in [6, 6.07) is 18.0. The third-order valence-electron chi connectivity index (χ3n) is 4.40. The second-order valence-electron chi connectivity index (χ2n) is 6.43. The van der Waals surface area contributed by atoms with E-state index in [1.807, 2.05) is 30.3 Å². The molecule has 3 aromatic carbocycles. The summed E-state index contributed by atoms with van der Waals surface area (Å²) >= 11 is 19.2. The van der Waals surface area contributed by atoms with Crippen molar-refractivity contribution >= 4 is 73.7 Å². The number of ether oxygens (including phenoxy) is 1. The van der Waals surface area contributed by atoms with E-state index in [1.54, 1.807) is 35.6 Å². The van der Waals surface area contributed by atoms with Crippen LogP contribution in [0.15, 0.2) is 60.7 Å². The van der Waals surface area contributed by atoms with E-state index >= 15 is 0 Å². The third kappa shape index (κ3) is 4.80. The van der Waals surface area contributed by atoms with Crippen LogP contribution in [0.2, 0.25) is 10.0 Å². The molecule has 1 amide bonds. The predicted octanol–water partition coefficient (Wildman–Crippen LogP) is 6.41. The molecule has 0 atom stereocenters. The number of hydrogen-bond donors (Lipinski definition) is 2. The van der Waals surface area contributed by atoms with Crippen LogP contribution in [0.1, 0.15) is 10.4 Å². The van der Waals surface area contributed by atoms with E-state index in [0.717, 1.165) is 20.8 Å². The average molecular weight is 488 g/mol. The summed E-state index contributed by atoms with van der Waals surface area (Å²) < 4.78 is 6.17. The molecule has 0 saturated heterocycles. The molecule has 4 rings (SSSR count). The normalized spacial score (nSPS) is 10.7. The first kappa shape index (κ1) is 21.5. The Kier molecular flexibility index (Phi) is 6.38. The van der Waals surface area contributed by atoms with Gasteiger partial charge in [0.05, 0.1) is 28.0 Å². The third-order valence-corrected chi connectivity index (χ3v) is 6.20. The number of hydrogen-bond acceptors (Lipinski definition) is 5. The molecule has 0 spiro atoms. The number of benzene rings is 3. The highest BCUT2D eigenvalue weighted by atomic mass is 35.5. The average Bonchev–Trinajstić information content (AvgIpc) is 3.19. The molecule has 0 aliphatic rings. The molecule has 0 fully saturated rings. The molecule has 31 heavy (non-hydrogen) atoms. The fourth-order valence-electron chi connectivity index (χ4n) is 2.93. The van der Waals surface area contributed by atoms with Crippen molar-refractivity contribution in [2.24, 2.45) is 0 Å². The van der Waals surface area contributed by atoms with Crippen LogP contribution in [-0.2, 0) is 0 Å². The molecule has 2 N–H and O–H groups in total. The fourth-order valence-corrected chi connectivity index (χ4v) is 4.55. The summed E-state index contributed by atoms with van der Waals surface area (Å²) in [5.74, 6) is 0.0955. The number of carbonyl (C=O) groups is 1. The quantitative estimate of drug-likeness (QED) is 0.325. The van der Waals surface area contributed by atoms with Crippen molar-refractivity contribution in [1.29, 1.82) is 0 Å². The number of amides is 1. The van der Waals surface area contributed by atoms with Gasteiger partial charge in [-0.1, -0.05) is 35.3 Å². The zero-order valence-electron chi connectivity index (χ0n) is 16.1. The topological polar surface area (TPSA) is 63.2 Å². The Hall–Kier alpha value is -2.71. The van der Waals surface area contributed by atoms with E-state index in [1.165, 1.54) is 13.2 Å². The van der Waals surface area contributed by atoms with Crippen LogP contribution in [0.5, 0.6) is 5.75 Å². The lowest BCUT2D eigenvalue weighted by molar-refractivity contribution is 0.0977. The van der Waals surface area contributed by atoms with Gasteiger partial charge < -0.3 is 10.1 Å². The van der Waals surface area contributed by atoms with Crippen molar-refractivity contribution in [1.82, 2.24) is 10.3 Å². The lowest BCUT2D eigenvalue weighted by atomic mass is 10.2. The Bertz CT molecular complexity index is 1270. The summed E-state index contributed by atoms with van der Waals surface area (Å²) in [6.07, 6.45) is 0. The number of halogens is 2. The van der Waals surface area contributed by atoms with Gasteiger partial charge in [0.2, 0.25) is 0 Å². The van der Waals surface area contributed by atoms with Crippen LogP contribution >= 0.6 is 46.8 Å². The Morgan fingerprint density at radius 2 is 1.90 bits per heavy atom. The molecule has 156 valence electrons. The molecule has 5 nitrogen and oxygen atoms in total. The van der Waals surface area contributed by atoms with Crippen LogP contribution in [0, 0.1) is 0 Å². The Morgan fingerprint density at radius 3 is 2.65 bits per heavy atom. The summed E-state index contributed by atoms with van der Waals surface area (Å²) in [5, 5.41) is 7.57. The lowest BCUT2D eigenvalue weighted by Gasteiger charge is -2.13. The molecule has 9 heteroatoms. The first-order valence-corrected chi connectivity index (χ1v) is 11.0. The van der Waals surface area contributed by atoms with Crippen LogP contribution in [0.25, 0.3) is 20.8 Å². The van der Waals surface area contributed by atoms with Gasteiger partial charge in [0.25, 0.3) is 5.91 Å². The maximum Gasteiger partial charge on any atom is 0.257 e. The minimum Gasteiger partial charge on any atom is -0.495 e. The van der Waals surface area contributed by atoms with Gasteiger partial charge in [0.15, 0.2) is 5.11 Å². The van der Waals surface area contributed by atoms with Crippen molar-refractivity contribution in [3.05, 3.63) is 76.3 Å². The molecule has 0 bridgehead atoms. The number of rotatable bonds is 4.